The number of carbonyl (C=O) groups excluding carboxylic acids is 2. The Morgan fingerprint density at radius 2 is 1.32 bits per heavy atom. The minimum atomic E-state index is -0.601. The molecule has 3 nitrogen and oxygen atoms in total. The minimum Gasteiger partial charge on any atom is -0.507 e. The number of aliphatic hydroxyl groups is 1. The van der Waals surface area contributed by atoms with Gasteiger partial charge in [0.25, 0.3) is 0 Å². The molecule has 0 saturated heterocycles. The summed E-state index contributed by atoms with van der Waals surface area (Å²) in [6.07, 6.45) is 0.464. The number of aliphatic hydroxyl groups excluding tert-OH is 1. The van der Waals surface area contributed by atoms with Crippen molar-refractivity contribution in [3.8, 4) is 0 Å². The van der Waals surface area contributed by atoms with Gasteiger partial charge >= 0.3 is 0 Å². The summed E-state index contributed by atoms with van der Waals surface area (Å²) in [5.74, 6) is -2.37. The van der Waals surface area contributed by atoms with Gasteiger partial charge in [0.05, 0.1) is 6.42 Å². The Hall–Kier alpha value is -2.82. The van der Waals surface area contributed by atoms with Gasteiger partial charge in [0, 0.05) is 17.2 Å². The quantitative estimate of drug-likeness (QED) is 0.396. The normalized spacial score (nSPS) is 11.3. The predicted octanol–water partition coefficient (Wildman–Crippen LogP) is 3.71. The first-order chi connectivity index (χ1) is 10.5. The summed E-state index contributed by atoms with van der Waals surface area (Å²) < 4.78 is 25.5. The highest BCUT2D eigenvalue weighted by Gasteiger charge is 2.12. The van der Waals surface area contributed by atoms with Crippen LogP contribution in [0.1, 0.15) is 22.3 Å². The van der Waals surface area contributed by atoms with Crippen molar-refractivity contribution in [2.24, 2.45) is 0 Å². The van der Waals surface area contributed by atoms with Gasteiger partial charge in [-0.25, -0.2) is 8.78 Å². The Bertz CT molecular complexity index is 717. The molecule has 0 aromatic heterocycles. The van der Waals surface area contributed by atoms with Crippen molar-refractivity contribution in [1.82, 2.24) is 0 Å². The Morgan fingerprint density at radius 1 is 0.864 bits per heavy atom. The van der Waals surface area contributed by atoms with E-state index in [0.29, 0.717) is 0 Å². The lowest BCUT2D eigenvalue weighted by molar-refractivity contribution is -0.113. The van der Waals surface area contributed by atoms with Crippen LogP contribution in [-0.4, -0.2) is 16.7 Å². The minimum absolute atomic E-state index is 0.212. The Kier molecular flexibility index (Phi) is 4.78. The van der Waals surface area contributed by atoms with E-state index in [1.807, 2.05) is 0 Å². The molecule has 0 amide bonds. The molecular weight excluding hydrogens is 290 g/mol. The van der Waals surface area contributed by atoms with E-state index in [4.69, 9.17) is 0 Å². The molecule has 112 valence electrons. The molecule has 0 fully saturated rings. The first-order valence-corrected chi connectivity index (χ1v) is 6.44. The maximum absolute atomic E-state index is 12.8. The molecule has 0 aliphatic heterocycles. The summed E-state index contributed by atoms with van der Waals surface area (Å²) in [4.78, 5) is 23.6. The van der Waals surface area contributed by atoms with Crippen LogP contribution in [0.2, 0.25) is 0 Å². The van der Waals surface area contributed by atoms with Gasteiger partial charge in [0.2, 0.25) is 0 Å². The number of rotatable bonds is 5. The van der Waals surface area contributed by atoms with Crippen molar-refractivity contribution < 1.29 is 23.5 Å². The zero-order valence-electron chi connectivity index (χ0n) is 11.4. The number of carbonyl (C=O) groups is 2. The third kappa shape index (κ3) is 4.09. The highest BCUT2D eigenvalue weighted by Crippen LogP contribution is 2.13. The van der Waals surface area contributed by atoms with E-state index in [1.54, 1.807) is 0 Å². The Morgan fingerprint density at radius 3 is 1.82 bits per heavy atom. The monoisotopic (exact) mass is 302 g/mol. The van der Waals surface area contributed by atoms with Crippen molar-refractivity contribution >= 4 is 17.3 Å². The van der Waals surface area contributed by atoms with Crippen LogP contribution in [0.4, 0.5) is 8.78 Å². The van der Waals surface area contributed by atoms with Crippen molar-refractivity contribution in [3.63, 3.8) is 0 Å². The van der Waals surface area contributed by atoms with E-state index in [1.165, 1.54) is 24.3 Å². The molecule has 2 rings (SSSR count). The third-order valence-electron chi connectivity index (χ3n) is 2.94. The number of hydrogen-bond donors (Lipinski definition) is 1. The first kappa shape index (κ1) is 15.6. The van der Waals surface area contributed by atoms with Crippen LogP contribution < -0.4 is 0 Å². The van der Waals surface area contributed by atoms with E-state index < -0.39 is 29.6 Å². The van der Waals surface area contributed by atoms with Gasteiger partial charge in [-0.1, -0.05) is 0 Å². The molecule has 0 radical (unpaired) electrons. The van der Waals surface area contributed by atoms with Gasteiger partial charge in [-0.2, -0.15) is 0 Å². The van der Waals surface area contributed by atoms with Crippen molar-refractivity contribution in [1.29, 1.82) is 0 Å². The van der Waals surface area contributed by atoms with Gasteiger partial charge in [-0.15, -0.1) is 0 Å². The molecule has 0 bridgehead atoms. The maximum Gasteiger partial charge on any atom is 0.170 e. The second-order valence-corrected chi connectivity index (χ2v) is 4.61. The molecule has 1 N–H and O–H groups in total. The highest BCUT2D eigenvalue weighted by atomic mass is 19.1. The fourth-order valence-corrected chi connectivity index (χ4v) is 1.80. The molecule has 0 unspecified atom stereocenters. The summed E-state index contributed by atoms with van der Waals surface area (Å²) in [5.41, 5.74) is 0.480. The number of halogens is 2. The average Bonchev–Trinajstić information content (AvgIpc) is 2.48. The zero-order valence-corrected chi connectivity index (χ0v) is 11.4. The number of Topliss-reactive ketones (excluding diaryl/α,β-unsaturated/α-hetero) is 1. The molecule has 0 spiro atoms. The first-order valence-electron chi connectivity index (χ1n) is 6.44. The van der Waals surface area contributed by atoms with Crippen LogP contribution in [0.3, 0.4) is 0 Å². The summed E-state index contributed by atoms with van der Waals surface area (Å²) in [7, 11) is 0. The molecule has 0 atom stereocenters. The molecule has 0 aliphatic rings. The summed E-state index contributed by atoms with van der Waals surface area (Å²) >= 11 is 0. The molecular formula is C17H12F2O3. The lowest BCUT2D eigenvalue weighted by atomic mass is 10.0. The highest BCUT2D eigenvalue weighted by molar-refractivity contribution is 6.12. The van der Waals surface area contributed by atoms with Crippen molar-refractivity contribution in [2.45, 2.75) is 6.42 Å². The van der Waals surface area contributed by atoms with Crippen molar-refractivity contribution in [3.05, 3.63) is 77.4 Å². The largest absolute Gasteiger partial charge is 0.507 e. The molecule has 0 heterocycles. The molecule has 2 aromatic rings. The molecule has 0 aliphatic carbocycles. The summed E-state index contributed by atoms with van der Waals surface area (Å²) in [5, 5.41) is 9.76. The number of allylic oxidation sites excluding steroid dienone is 1. The average molecular weight is 302 g/mol. The lowest BCUT2D eigenvalue weighted by Gasteiger charge is -2.01. The van der Waals surface area contributed by atoms with Crippen molar-refractivity contribution in [2.75, 3.05) is 0 Å². The molecule has 22 heavy (non-hydrogen) atoms. The van der Waals surface area contributed by atoms with Crippen LogP contribution in [0, 0.1) is 11.6 Å². The van der Waals surface area contributed by atoms with Crippen LogP contribution >= 0.6 is 0 Å². The second-order valence-electron chi connectivity index (χ2n) is 4.61. The van der Waals surface area contributed by atoms with Gasteiger partial charge < -0.3 is 5.11 Å². The fourth-order valence-electron chi connectivity index (χ4n) is 1.80. The van der Waals surface area contributed by atoms with Gasteiger partial charge in [-0.05, 0) is 48.5 Å². The Labute approximate surface area is 125 Å². The molecule has 0 saturated carbocycles. The molecule has 5 heteroatoms. The van der Waals surface area contributed by atoms with Gasteiger partial charge in [0.1, 0.15) is 17.4 Å². The molecule has 2 aromatic carbocycles. The van der Waals surface area contributed by atoms with E-state index in [0.717, 1.165) is 30.3 Å². The maximum atomic E-state index is 12.8. The van der Waals surface area contributed by atoms with E-state index >= 15 is 0 Å². The van der Waals surface area contributed by atoms with E-state index in [9.17, 15) is 23.5 Å². The third-order valence-corrected chi connectivity index (χ3v) is 2.94. The fraction of sp³-hybridized carbons (Fsp3) is 0.0588. The van der Waals surface area contributed by atoms with Gasteiger partial charge in [0.15, 0.2) is 11.6 Å². The Balaban J connectivity index is 2.05. The SMILES string of the molecule is O=C(C=C(O)c1ccc(F)cc1)CC(=O)c1ccc(F)cc1. The number of ketones is 2. The van der Waals surface area contributed by atoms with Crippen LogP contribution in [0.25, 0.3) is 5.76 Å². The number of benzene rings is 2. The van der Waals surface area contributed by atoms with E-state index in [2.05, 4.69) is 0 Å². The number of hydrogen-bond acceptors (Lipinski definition) is 3. The van der Waals surface area contributed by atoms with E-state index in [-0.39, 0.29) is 16.9 Å². The van der Waals surface area contributed by atoms with Gasteiger partial charge in [-0.3, -0.25) is 9.59 Å². The topological polar surface area (TPSA) is 54.4 Å². The smallest absolute Gasteiger partial charge is 0.170 e. The summed E-state index contributed by atoms with van der Waals surface area (Å²) in [6, 6.07) is 9.75. The van der Waals surface area contributed by atoms with Crippen LogP contribution in [0.15, 0.2) is 54.6 Å². The second kappa shape index (κ2) is 6.76. The zero-order chi connectivity index (χ0) is 16.1. The summed E-state index contributed by atoms with van der Waals surface area (Å²) in [6.45, 7) is 0. The van der Waals surface area contributed by atoms with Crippen LogP contribution in [0.5, 0.6) is 0 Å². The lowest BCUT2D eigenvalue weighted by Crippen LogP contribution is -2.06. The predicted molar refractivity (Wildman–Crippen MR) is 77.4 cm³/mol. The van der Waals surface area contributed by atoms with Crippen LogP contribution in [-0.2, 0) is 4.79 Å². The standard InChI is InChI=1S/C17H12F2O3/c18-13-5-1-11(2-6-13)16(21)9-15(20)10-17(22)12-3-7-14(19)8-4-12/h1-9,21H,10H2.